The van der Waals surface area contributed by atoms with Gasteiger partial charge in [-0.2, -0.15) is 70.2 Å². The number of hydrogen-bond donors (Lipinski definition) is 0. The van der Waals surface area contributed by atoms with Crippen LogP contribution in [0.2, 0.25) is 0 Å². The van der Waals surface area contributed by atoms with E-state index in [1.165, 1.54) is 4.43 Å². The van der Waals surface area contributed by atoms with Crippen molar-refractivity contribution in [3.05, 3.63) is 0 Å². The molecule has 0 aliphatic carbocycles. The van der Waals surface area contributed by atoms with Gasteiger partial charge in [0, 0.05) is 0 Å². The highest BCUT2D eigenvalue weighted by Crippen LogP contribution is 2.58. The molecule has 0 radical (unpaired) electrons. The van der Waals surface area contributed by atoms with Gasteiger partial charge in [-0.05, 0) is 0 Å². The molecule has 24 heavy (non-hydrogen) atoms. The SMILES string of the molecule is FC(F)(F)C(F)(F)O[Si](C(F)(F)F)(C(F)(F)F)C(F)(F)C(F)(F)F. The van der Waals surface area contributed by atoms with Crippen LogP contribution in [-0.4, -0.2) is 43.9 Å². The molecule has 0 aromatic heterocycles. The van der Waals surface area contributed by atoms with Crippen molar-refractivity contribution in [1.29, 1.82) is 0 Å². The summed E-state index contributed by atoms with van der Waals surface area (Å²) in [6, 6.07) is 0. The van der Waals surface area contributed by atoms with Gasteiger partial charge < -0.3 is 4.43 Å². The first-order valence-corrected chi connectivity index (χ1v) is 6.59. The maximum atomic E-state index is 12.8. The van der Waals surface area contributed by atoms with Crippen molar-refractivity contribution in [2.75, 3.05) is 0 Å². The van der Waals surface area contributed by atoms with E-state index in [2.05, 4.69) is 0 Å². The average molecular weight is 420 g/mol. The molecule has 0 aromatic rings. The molecule has 0 bridgehead atoms. The number of rotatable bonds is 3. The third-order valence-electron chi connectivity index (χ3n) is 2.21. The second kappa shape index (κ2) is 5.53. The van der Waals surface area contributed by atoms with Crippen LogP contribution in [0.25, 0.3) is 0 Å². The van der Waals surface area contributed by atoms with Gasteiger partial charge in [-0.15, -0.1) is 0 Å². The molecule has 0 rings (SSSR count). The summed E-state index contributed by atoms with van der Waals surface area (Å²) in [6.07, 6.45) is -22.8. The molecule has 0 aliphatic rings. The standard InChI is InChI=1S/C6F16OSi/c7-1(8,9)3(13,14)23-24(5(17,18)19,6(20,21)22)4(15,16)2(10,11)12. The Bertz CT molecular complexity index is 435. The fraction of sp³-hybridized carbons (Fsp3) is 1.00. The molecule has 18 heteroatoms. The molecule has 0 unspecified atom stereocenters. The Morgan fingerprint density at radius 2 is 0.750 bits per heavy atom. The minimum Gasteiger partial charge on any atom is -0.332 e. The van der Waals surface area contributed by atoms with Crippen LogP contribution in [0.15, 0.2) is 0 Å². The van der Waals surface area contributed by atoms with Gasteiger partial charge in [0.25, 0.3) is 0 Å². The van der Waals surface area contributed by atoms with Crippen LogP contribution in [0.1, 0.15) is 0 Å². The summed E-state index contributed by atoms with van der Waals surface area (Å²) in [4.78, 5) is 0. The first kappa shape index (κ1) is 23.1. The van der Waals surface area contributed by atoms with E-state index in [9.17, 15) is 70.2 Å². The van der Waals surface area contributed by atoms with Crippen LogP contribution in [0.4, 0.5) is 70.2 Å². The van der Waals surface area contributed by atoms with Crippen molar-refractivity contribution in [3.63, 3.8) is 0 Å². The number of alkyl halides is 16. The molecule has 0 saturated heterocycles. The van der Waals surface area contributed by atoms with Crippen molar-refractivity contribution in [2.24, 2.45) is 0 Å². The lowest BCUT2D eigenvalue weighted by Gasteiger charge is -2.41. The van der Waals surface area contributed by atoms with Crippen molar-refractivity contribution in [3.8, 4) is 0 Å². The van der Waals surface area contributed by atoms with Gasteiger partial charge in [-0.25, -0.2) is 0 Å². The zero-order chi connectivity index (χ0) is 20.2. The summed E-state index contributed by atoms with van der Waals surface area (Å²) < 4.78 is 197. The summed E-state index contributed by atoms with van der Waals surface area (Å²) in [6.45, 7) is 0. The first-order valence-electron chi connectivity index (χ1n) is 4.68. The second-order valence-electron chi connectivity index (χ2n) is 3.87. The fourth-order valence-electron chi connectivity index (χ4n) is 1.15. The average Bonchev–Trinajstić information content (AvgIpc) is 2.18. The second-order valence-corrected chi connectivity index (χ2v) is 7.19. The van der Waals surface area contributed by atoms with Gasteiger partial charge in [0.15, 0.2) is 0 Å². The van der Waals surface area contributed by atoms with E-state index < -0.39 is 43.9 Å². The number of halogens is 16. The van der Waals surface area contributed by atoms with Crippen LogP contribution in [0, 0.1) is 0 Å². The quantitative estimate of drug-likeness (QED) is 0.459. The topological polar surface area (TPSA) is 9.23 Å². The van der Waals surface area contributed by atoms with Crippen LogP contribution in [0.3, 0.4) is 0 Å². The van der Waals surface area contributed by atoms with E-state index in [0.29, 0.717) is 0 Å². The molecule has 0 spiro atoms. The van der Waals surface area contributed by atoms with Crippen molar-refractivity contribution in [2.45, 2.75) is 35.6 Å². The molecule has 0 atom stereocenters. The van der Waals surface area contributed by atoms with E-state index in [-0.39, 0.29) is 0 Å². The Labute approximate surface area is 120 Å². The van der Waals surface area contributed by atoms with Crippen LogP contribution < -0.4 is 0 Å². The Kier molecular flexibility index (Phi) is 5.31. The molecule has 0 saturated carbocycles. The molecule has 0 fully saturated rings. The van der Waals surface area contributed by atoms with E-state index >= 15 is 0 Å². The van der Waals surface area contributed by atoms with E-state index in [1.54, 1.807) is 0 Å². The molecule has 0 aromatic carbocycles. The maximum Gasteiger partial charge on any atom is 0.522 e. The molecule has 146 valence electrons. The van der Waals surface area contributed by atoms with Gasteiger partial charge in [-0.1, -0.05) is 0 Å². The Balaban J connectivity index is 6.86. The van der Waals surface area contributed by atoms with Gasteiger partial charge in [-0.3, -0.25) is 0 Å². The molecular weight excluding hydrogens is 420 g/mol. The van der Waals surface area contributed by atoms with Gasteiger partial charge in [0.2, 0.25) is 0 Å². The molecule has 0 heterocycles. The highest BCUT2D eigenvalue weighted by atomic mass is 28.4. The van der Waals surface area contributed by atoms with Crippen LogP contribution >= 0.6 is 0 Å². The fourth-order valence-corrected chi connectivity index (χ4v) is 3.44. The molecule has 0 N–H and O–H groups in total. The lowest BCUT2D eigenvalue weighted by atomic mass is 10.6. The van der Waals surface area contributed by atoms with Gasteiger partial charge >= 0.3 is 43.9 Å². The highest BCUT2D eigenvalue weighted by Gasteiger charge is 2.97. The van der Waals surface area contributed by atoms with Crippen molar-refractivity contribution >= 4 is 8.32 Å². The molecule has 0 aliphatic heterocycles. The molecule has 1 nitrogen and oxygen atoms in total. The normalized spacial score (nSPS) is 16.5. The minimum atomic E-state index is -10.2. The third kappa shape index (κ3) is 3.38. The Morgan fingerprint density at radius 1 is 0.458 bits per heavy atom. The van der Waals surface area contributed by atoms with E-state index in [4.69, 9.17) is 0 Å². The predicted octanol–water partition coefficient (Wildman–Crippen LogP) is 5.04. The lowest BCUT2D eigenvalue weighted by Crippen LogP contribution is -2.80. The highest BCUT2D eigenvalue weighted by molar-refractivity contribution is 6.80. The predicted molar refractivity (Wildman–Crippen MR) is 41.0 cm³/mol. The van der Waals surface area contributed by atoms with E-state index in [1.807, 2.05) is 0 Å². The van der Waals surface area contributed by atoms with Crippen molar-refractivity contribution < 1.29 is 74.7 Å². The zero-order valence-electron chi connectivity index (χ0n) is 9.96. The maximum absolute atomic E-state index is 12.8. The first-order chi connectivity index (χ1) is 9.96. The van der Waals surface area contributed by atoms with E-state index in [0.717, 1.165) is 0 Å². The summed E-state index contributed by atoms with van der Waals surface area (Å²) in [7, 11) is -10.2. The summed E-state index contributed by atoms with van der Waals surface area (Å²) >= 11 is 0. The van der Waals surface area contributed by atoms with Crippen molar-refractivity contribution in [1.82, 2.24) is 0 Å². The lowest BCUT2D eigenvalue weighted by molar-refractivity contribution is -0.382. The summed E-state index contributed by atoms with van der Waals surface area (Å²) in [5.74, 6) is -15.9. The molecule has 0 amide bonds. The van der Waals surface area contributed by atoms with Gasteiger partial charge in [0.05, 0.1) is 0 Å². The smallest absolute Gasteiger partial charge is 0.332 e. The molecular formula is C6F16OSi. The van der Waals surface area contributed by atoms with Crippen LogP contribution in [0.5, 0.6) is 0 Å². The summed E-state index contributed by atoms with van der Waals surface area (Å²) in [5, 5.41) is 0. The third-order valence-corrected chi connectivity index (χ3v) is 5.54. The largest absolute Gasteiger partial charge is 0.522 e. The van der Waals surface area contributed by atoms with Gasteiger partial charge in [0.1, 0.15) is 0 Å². The zero-order valence-corrected chi connectivity index (χ0v) is 11.0. The Hall–Kier alpha value is -0.943. The Morgan fingerprint density at radius 3 is 0.917 bits per heavy atom. The number of hydrogen-bond acceptors (Lipinski definition) is 1. The minimum absolute atomic E-state index is 1.27. The monoisotopic (exact) mass is 420 g/mol. The van der Waals surface area contributed by atoms with Crippen LogP contribution in [-0.2, 0) is 4.43 Å². The summed E-state index contributed by atoms with van der Waals surface area (Å²) in [5.41, 5.74) is -8.12.